The summed E-state index contributed by atoms with van der Waals surface area (Å²) in [5, 5.41) is 2.38. The SMILES string of the molecule is O=C1NC(=O)C2(CCCCC2)C(=O)N1CC1CCCCO1. The summed E-state index contributed by atoms with van der Waals surface area (Å²) in [4.78, 5) is 38.2. The molecule has 0 aromatic rings. The minimum Gasteiger partial charge on any atom is -0.376 e. The summed E-state index contributed by atoms with van der Waals surface area (Å²) in [6, 6.07) is -0.588. The molecule has 6 heteroatoms. The van der Waals surface area contributed by atoms with Crippen LogP contribution in [0, 0.1) is 5.41 Å². The molecule has 116 valence electrons. The molecule has 3 rings (SSSR count). The first kappa shape index (κ1) is 14.5. The number of urea groups is 1. The van der Waals surface area contributed by atoms with Crippen LogP contribution in [0.25, 0.3) is 0 Å². The van der Waals surface area contributed by atoms with Gasteiger partial charge in [-0.05, 0) is 32.1 Å². The van der Waals surface area contributed by atoms with Gasteiger partial charge in [-0.15, -0.1) is 0 Å². The van der Waals surface area contributed by atoms with Crippen molar-refractivity contribution < 1.29 is 19.1 Å². The Morgan fingerprint density at radius 1 is 1.10 bits per heavy atom. The molecule has 1 unspecified atom stereocenters. The first-order chi connectivity index (χ1) is 10.1. The Balaban J connectivity index is 1.77. The number of hydrogen-bond acceptors (Lipinski definition) is 4. The van der Waals surface area contributed by atoms with E-state index >= 15 is 0 Å². The van der Waals surface area contributed by atoms with E-state index < -0.39 is 17.4 Å². The molecule has 6 nitrogen and oxygen atoms in total. The molecule has 3 fully saturated rings. The number of imide groups is 2. The third-order valence-electron chi connectivity index (χ3n) is 4.92. The molecule has 1 N–H and O–H groups in total. The van der Waals surface area contributed by atoms with Gasteiger partial charge in [-0.1, -0.05) is 19.3 Å². The van der Waals surface area contributed by atoms with E-state index in [4.69, 9.17) is 4.74 Å². The zero-order valence-electron chi connectivity index (χ0n) is 12.2. The van der Waals surface area contributed by atoms with Crippen LogP contribution < -0.4 is 5.32 Å². The van der Waals surface area contributed by atoms with E-state index in [0.717, 1.165) is 38.5 Å². The van der Waals surface area contributed by atoms with E-state index in [2.05, 4.69) is 5.32 Å². The summed E-state index contributed by atoms with van der Waals surface area (Å²) < 4.78 is 5.62. The fraction of sp³-hybridized carbons (Fsp3) is 0.800. The van der Waals surface area contributed by atoms with Gasteiger partial charge in [-0.25, -0.2) is 4.79 Å². The highest BCUT2D eigenvalue weighted by Crippen LogP contribution is 2.40. The standard InChI is InChI=1S/C15H22N2O4/c18-12-15(7-3-1-4-8-15)13(19)17(14(20)16-12)10-11-6-2-5-9-21-11/h11H,1-10H2,(H,16,18,20). The van der Waals surface area contributed by atoms with Crippen LogP contribution in [0.1, 0.15) is 51.4 Å². The largest absolute Gasteiger partial charge is 0.376 e. The predicted octanol–water partition coefficient (Wildman–Crippen LogP) is 1.58. The van der Waals surface area contributed by atoms with E-state index in [1.165, 1.54) is 4.90 Å². The van der Waals surface area contributed by atoms with E-state index in [1.54, 1.807) is 0 Å². The fourth-order valence-corrected chi connectivity index (χ4v) is 3.65. The van der Waals surface area contributed by atoms with Gasteiger partial charge in [0.2, 0.25) is 11.8 Å². The van der Waals surface area contributed by atoms with E-state index in [0.29, 0.717) is 19.4 Å². The molecule has 2 saturated heterocycles. The average Bonchev–Trinajstić information content (AvgIpc) is 2.52. The molecular formula is C15H22N2O4. The number of ether oxygens (including phenoxy) is 1. The molecule has 21 heavy (non-hydrogen) atoms. The van der Waals surface area contributed by atoms with Gasteiger partial charge >= 0.3 is 6.03 Å². The maximum absolute atomic E-state index is 12.8. The van der Waals surface area contributed by atoms with Gasteiger partial charge in [-0.3, -0.25) is 19.8 Å². The highest BCUT2D eigenvalue weighted by atomic mass is 16.5. The van der Waals surface area contributed by atoms with Crippen LogP contribution in [-0.2, 0) is 14.3 Å². The Labute approximate surface area is 124 Å². The van der Waals surface area contributed by atoms with Gasteiger partial charge in [0.05, 0.1) is 12.6 Å². The van der Waals surface area contributed by atoms with Crippen molar-refractivity contribution >= 4 is 17.8 Å². The summed E-state index contributed by atoms with van der Waals surface area (Å²) in [5.41, 5.74) is -1.01. The number of amides is 4. The number of rotatable bonds is 2. The van der Waals surface area contributed by atoms with Crippen LogP contribution in [0.3, 0.4) is 0 Å². The molecule has 4 amide bonds. The summed E-state index contributed by atoms with van der Waals surface area (Å²) in [5.74, 6) is -0.719. The predicted molar refractivity (Wildman–Crippen MR) is 74.4 cm³/mol. The molecule has 1 spiro atoms. The van der Waals surface area contributed by atoms with Gasteiger partial charge in [0.15, 0.2) is 0 Å². The van der Waals surface area contributed by atoms with Gasteiger partial charge in [-0.2, -0.15) is 0 Å². The van der Waals surface area contributed by atoms with Crippen molar-refractivity contribution in [2.24, 2.45) is 5.41 Å². The van der Waals surface area contributed by atoms with Gasteiger partial charge in [0.1, 0.15) is 5.41 Å². The number of carbonyl (C=O) groups is 3. The molecule has 0 radical (unpaired) electrons. The second-order valence-electron chi connectivity index (χ2n) is 6.31. The van der Waals surface area contributed by atoms with Crippen LogP contribution >= 0.6 is 0 Å². The van der Waals surface area contributed by atoms with Crippen molar-refractivity contribution in [1.82, 2.24) is 10.2 Å². The van der Waals surface area contributed by atoms with Gasteiger partial charge in [0.25, 0.3) is 0 Å². The first-order valence-corrected chi connectivity index (χ1v) is 7.92. The fourth-order valence-electron chi connectivity index (χ4n) is 3.65. The van der Waals surface area contributed by atoms with Gasteiger partial charge < -0.3 is 4.74 Å². The number of hydrogen-bond donors (Lipinski definition) is 1. The monoisotopic (exact) mass is 294 g/mol. The lowest BCUT2D eigenvalue weighted by molar-refractivity contribution is -0.155. The summed E-state index contributed by atoms with van der Waals surface area (Å²) in [6.45, 7) is 0.943. The topological polar surface area (TPSA) is 75.7 Å². The third kappa shape index (κ3) is 2.57. The zero-order valence-corrected chi connectivity index (χ0v) is 12.2. The molecule has 0 aromatic carbocycles. The lowest BCUT2D eigenvalue weighted by Gasteiger charge is -2.42. The van der Waals surface area contributed by atoms with E-state index in [9.17, 15) is 14.4 Å². The summed E-state index contributed by atoms with van der Waals surface area (Å²) >= 11 is 0. The molecule has 1 aliphatic carbocycles. The molecule has 2 heterocycles. The Kier molecular flexibility index (Phi) is 3.97. The Morgan fingerprint density at radius 2 is 1.86 bits per heavy atom. The third-order valence-corrected chi connectivity index (χ3v) is 4.92. The van der Waals surface area contributed by atoms with Crippen LogP contribution in [0.5, 0.6) is 0 Å². The average molecular weight is 294 g/mol. The molecule has 3 aliphatic rings. The van der Waals surface area contributed by atoms with Crippen LogP contribution in [-0.4, -0.2) is 42.0 Å². The maximum Gasteiger partial charge on any atom is 0.330 e. The van der Waals surface area contributed by atoms with Gasteiger partial charge in [0, 0.05) is 6.61 Å². The number of nitrogens with zero attached hydrogens (tertiary/aromatic N) is 1. The lowest BCUT2D eigenvalue weighted by Crippen LogP contribution is -2.65. The minimum absolute atomic E-state index is 0.0951. The molecule has 0 aromatic heterocycles. The van der Waals surface area contributed by atoms with E-state index in [-0.39, 0.29) is 18.6 Å². The second kappa shape index (κ2) is 5.75. The van der Waals surface area contributed by atoms with Crippen molar-refractivity contribution in [3.05, 3.63) is 0 Å². The zero-order chi connectivity index (χ0) is 14.9. The minimum atomic E-state index is -1.01. The number of nitrogens with one attached hydrogen (secondary N) is 1. The van der Waals surface area contributed by atoms with E-state index in [1.807, 2.05) is 0 Å². The van der Waals surface area contributed by atoms with Crippen molar-refractivity contribution in [2.45, 2.75) is 57.5 Å². The smallest absolute Gasteiger partial charge is 0.330 e. The summed E-state index contributed by atoms with van der Waals surface area (Å²) in [6.07, 6.45) is 6.71. The van der Waals surface area contributed by atoms with Crippen LogP contribution in [0.15, 0.2) is 0 Å². The van der Waals surface area contributed by atoms with Crippen molar-refractivity contribution in [3.8, 4) is 0 Å². The second-order valence-corrected chi connectivity index (χ2v) is 6.31. The molecule has 0 bridgehead atoms. The van der Waals surface area contributed by atoms with Crippen molar-refractivity contribution in [1.29, 1.82) is 0 Å². The number of barbiturate groups is 1. The highest BCUT2D eigenvalue weighted by Gasteiger charge is 2.54. The van der Waals surface area contributed by atoms with Crippen molar-refractivity contribution in [2.75, 3.05) is 13.2 Å². The molecular weight excluding hydrogens is 272 g/mol. The van der Waals surface area contributed by atoms with Crippen LogP contribution in [0.2, 0.25) is 0 Å². The molecule has 1 saturated carbocycles. The summed E-state index contributed by atoms with van der Waals surface area (Å²) in [7, 11) is 0. The van der Waals surface area contributed by atoms with Crippen molar-refractivity contribution in [3.63, 3.8) is 0 Å². The normalized spacial score (nSPS) is 29.6. The molecule has 1 atom stereocenters. The number of carbonyl (C=O) groups excluding carboxylic acids is 3. The quantitative estimate of drug-likeness (QED) is 0.785. The lowest BCUT2D eigenvalue weighted by atomic mass is 9.71. The Morgan fingerprint density at radius 3 is 2.52 bits per heavy atom. The Bertz CT molecular complexity index is 451. The Hall–Kier alpha value is -1.43. The first-order valence-electron chi connectivity index (χ1n) is 7.92. The maximum atomic E-state index is 12.8. The highest BCUT2D eigenvalue weighted by molar-refractivity contribution is 6.19. The van der Waals surface area contributed by atoms with Crippen LogP contribution in [0.4, 0.5) is 4.79 Å². The molecule has 2 aliphatic heterocycles.